The van der Waals surface area contributed by atoms with Gasteiger partial charge in [0.25, 0.3) is 0 Å². The van der Waals surface area contributed by atoms with Gasteiger partial charge in [-0.15, -0.1) is 0 Å². The maximum Gasteiger partial charge on any atom is 2.00 e. The summed E-state index contributed by atoms with van der Waals surface area (Å²) in [6.07, 6.45) is 2.00. The molecular weight excluding hydrogens is 125 g/mol. The topological polar surface area (TPSA) is 0 Å². The maximum absolute atomic E-state index is 3.25. The zero-order valence-electron chi connectivity index (χ0n) is 4.99. The van der Waals surface area contributed by atoms with E-state index in [1.54, 1.807) is 6.92 Å². The molecule has 0 bridgehead atoms. The fourth-order valence-corrected chi connectivity index (χ4v) is 0. The molecule has 0 heterocycles. The predicted octanol–water partition coefficient (Wildman–Crippen LogP) is 2.07. The molecule has 0 rings (SSSR count). The second-order valence-corrected chi connectivity index (χ2v) is 0.577. The molecule has 0 radical (unpaired) electrons. The summed E-state index contributed by atoms with van der Waals surface area (Å²) in [5.41, 5.74) is 0. The average molecular weight is 138 g/mol. The summed E-state index contributed by atoms with van der Waals surface area (Å²) in [6.45, 7) is 9.00. The van der Waals surface area contributed by atoms with E-state index < -0.39 is 0 Å². The van der Waals surface area contributed by atoms with Crippen molar-refractivity contribution in [1.82, 2.24) is 0 Å². The van der Waals surface area contributed by atoms with Crippen molar-refractivity contribution in [2.75, 3.05) is 0 Å². The third-order valence-corrected chi connectivity index (χ3v) is 0. The first-order valence-electron chi connectivity index (χ1n) is 1.86. The Morgan fingerprint density at radius 3 is 1.17 bits per heavy atom. The summed E-state index contributed by atoms with van der Waals surface area (Å²) in [5.74, 6) is 0. The van der Waals surface area contributed by atoms with Crippen LogP contribution in [0.1, 0.15) is 20.8 Å². The van der Waals surface area contributed by atoms with Gasteiger partial charge >= 0.3 is 19.5 Å². The molecule has 0 amide bonds. The largest absolute Gasteiger partial charge is 2.00 e. The number of hydrogen-bond donors (Lipinski definition) is 0. The minimum Gasteiger partial charge on any atom is -0.346 e. The van der Waals surface area contributed by atoms with Gasteiger partial charge in [-0.3, -0.25) is 0 Å². The smallest absolute Gasteiger partial charge is 0.346 e. The van der Waals surface area contributed by atoms with Gasteiger partial charge in [-0.25, -0.2) is 0 Å². The van der Waals surface area contributed by atoms with Gasteiger partial charge in [0.1, 0.15) is 0 Å². The molecule has 0 atom stereocenters. The number of rotatable bonds is 0. The molecule has 0 aromatic heterocycles. The van der Waals surface area contributed by atoms with Gasteiger partial charge in [0.2, 0.25) is 0 Å². The molecule has 0 aliphatic heterocycles. The molecule has 34 valence electrons. The van der Waals surface area contributed by atoms with Crippen molar-refractivity contribution in [3.63, 3.8) is 0 Å². The van der Waals surface area contributed by atoms with Crippen molar-refractivity contribution in [3.05, 3.63) is 13.3 Å². The molecule has 0 aromatic carbocycles. The Morgan fingerprint density at radius 2 is 1.17 bits per heavy atom. The molecule has 0 saturated heterocycles. The Balaban J connectivity index is -0.0000000275. The Labute approximate surface area is 54.1 Å². The van der Waals surface area contributed by atoms with Gasteiger partial charge in [-0.05, 0) is 0 Å². The first kappa shape index (κ1) is 16.0. The van der Waals surface area contributed by atoms with Crippen LogP contribution in [-0.2, 0) is 19.5 Å². The molecule has 0 aliphatic rings. The molecule has 0 saturated carbocycles. The normalized spacial score (nSPS) is 4.00. The van der Waals surface area contributed by atoms with Crippen molar-refractivity contribution < 1.29 is 19.5 Å². The number of hydrogen-bond acceptors (Lipinski definition) is 0. The van der Waals surface area contributed by atoms with Crippen LogP contribution in [0.25, 0.3) is 0 Å². The predicted molar refractivity (Wildman–Crippen MR) is 26.7 cm³/mol. The van der Waals surface area contributed by atoms with Crippen LogP contribution in [0.5, 0.6) is 0 Å². The van der Waals surface area contributed by atoms with Crippen LogP contribution in [-0.4, -0.2) is 0 Å². The first-order valence-corrected chi connectivity index (χ1v) is 1.86. The second kappa shape index (κ2) is 45.6. The molecule has 0 unspecified atom stereocenters. The fraction of sp³-hybridized carbons (Fsp3) is 0.600. The SMILES string of the molecule is C[CH-]C.[CH2-]C.[Zn+2]. The van der Waals surface area contributed by atoms with Crippen molar-refractivity contribution in [2.24, 2.45) is 0 Å². The van der Waals surface area contributed by atoms with Crippen molar-refractivity contribution >= 4 is 0 Å². The van der Waals surface area contributed by atoms with E-state index in [2.05, 4.69) is 6.92 Å². The Hall–Kier alpha value is 0.623. The zero-order valence-corrected chi connectivity index (χ0v) is 7.96. The molecule has 0 fully saturated rings. The van der Waals surface area contributed by atoms with Crippen LogP contribution in [0.4, 0.5) is 0 Å². The summed E-state index contributed by atoms with van der Waals surface area (Å²) in [4.78, 5) is 0. The Bertz CT molecular complexity index is 3.90. The van der Waals surface area contributed by atoms with Gasteiger partial charge in [-0.1, -0.05) is 0 Å². The molecule has 0 nitrogen and oxygen atoms in total. The summed E-state index contributed by atoms with van der Waals surface area (Å²) in [6, 6.07) is 0. The molecule has 0 N–H and O–H groups in total. The van der Waals surface area contributed by atoms with Gasteiger partial charge in [0.15, 0.2) is 0 Å². The molecule has 6 heavy (non-hydrogen) atoms. The third-order valence-electron chi connectivity index (χ3n) is 0. The van der Waals surface area contributed by atoms with Crippen LogP contribution in [0.3, 0.4) is 0 Å². The molecule has 1 heteroatoms. The zero-order chi connectivity index (χ0) is 4.71. The van der Waals surface area contributed by atoms with Gasteiger partial charge in [0, 0.05) is 0 Å². The van der Waals surface area contributed by atoms with Crippen molar-refractivity contribution in [1.29, 1.82) is 0 Å². The molecular formula is C5H12Zn. The van der Waals surface area contributed by atoms with Crippen molar-refractivity contribution in [3.8, 4) is 0 Å². The van der Waals surface area contributed by atoms with Gasteiger partial charge in [-0.2, -0.15) is 20.8 Å². The maximum atomic E-state index is 3.25. The summed E-state index contributed by atoms with van der Waals surface area (Å²) < 4.78 is 0. The summed E-state index contributed by atoms with van der Waals surface area (Å²) >= 11 is 0. The molecule has 0 aliphatic carbocycles. The molecule has 0 aromatic rings. The minimum atomic E-state index is 0. The third kappa shape index (κ3) is 156. The van der Waals surface area contributed by atoms with E-state index in [0.717, 1.165) is 0 Å². The summed E-state index contributed by atoms with van der Waals surface area (Å²) in [5, 5.41) is 0. The van der Waals surface area contributed by atoms with E-state index in [4.69, 9.17) is 0 Å². The quantitative estimate of drug-likeness (QED) is 0.354. The standard InChI is InChI=1S/C3H7.C2H5.Zn/c1-3-2;1-2;/h3H,1-2H3;1H2,2H3;/q2*-1;+2. The van der Waals surface area contributed by atoms with Gasteiger partial charge < -0.3 is 13.3 Å². The summed E-state index contributed by atoms with van der Waals surface area (Å²) in [7, 11) is 0. The average Bonchev–Trinajstić information content (AvgIpc) is 1.46. The molecule has 0 spiro atoms. The second-order valence-electron chi connectivity index (χ2n) is 0.577. The van der Waals surface area contributed by atoms with E-state index in [9.17, 15) is 0 Å². The Kier molecular flexibility index (Phi) is 121. The van der Waals surface area contributed by atoms with E-state index in [1.165, 1.54) is 0 Å². The van der Waals surface area contributed by atoms with Gasteiger partial charge in [0.05, 0.1) is 0 Å². The van der Waals surface area contributed by atoms with E-state index in [-0.39, 0.29) is 19.5 Å². The monoisotopic (exact) mass is 136 g/mol. The van der Waals surface area contributed by atoms with Crippen LogP contribution >= 0.6 is 0 Å². The van der Waals surface area contributed by atoms with E-state index in [1.807, 2.05) is 20.3 Å². The van der Waals surface area contributed by atoms with Crippen LogP contribution in [0.15, 0.2) is 0 Å². The van der Waals surface area contributed by atoms with Crippen LogP contribution in [0.2, 0.25) is 0 Å². The van der Waals surface area contributed by atoms with E-state index >= 15 is 0 Å². The van der Waals surface area contributed by atoms with Crippen LogP contribution in [0, 0.1) is 13.3 Å². The Morgan fingerprint density at radius 1 is 1.17 bits per heavy atom. The fourth-order valence-electron chi connectivity index (χ4n) is 0. The van der Waals surface area contributed by atoms with Crippen LogP contribution < -0.4 is 0 Å². The first-order chi connectivity index (χ1) is 2.41. The minimum absolute atomic E-state index is 0. The van der Waals surface area contributed by atoms with E-state index in [0.29, 0.717) is 0 Å². The van der Waals surface area contributed by atoms with Crippen molar-refractivity contribution in [2.45, 2.75) is 20.8 Å².